The van der Waals surface area contributed by atoms with Gasteiger partial charge >= 0.3 is 5.97 Å². The SMILES string of the molecule is O=C(O)C1CCC(C(=O)Nc2cccc(-c3nnnn3C3CC3)c2)CC1. The third-order valence-electron chi connectivity index (χ3n) is 5.22. The minimum atomic E-state index is -0.759. The number of benzene rings is 1. The predicted octanol–water partition coefficient (Wildman–Crippen LogP) is 2.50. The Bertz CT molecular complexity index is 822. The molecule has 1 aromatic carbocycles. The highest BCUT2D eigenvalue weighted by Crippen LogP contribution is 2.37. The van der Waals surface area contributed by atoms with Crippen molar-refractivity contribution in [2.24, 2.45) is 11.8 Å². The molecule has 2 saturated carbocycles. The van der Waals surface area contributed by atoms with Crippen molar-refractivity contribution in [3.05, 3.63) is 24.3 Å². The molecule has 2 N–H and O–H groups in total. The number of rotatable bonds is 5. The van der Waals surface area contributed by atoms with E-state index in [-0.39, 0.29) is 17.7 Å². The molecule has 8 heteroatoms. The standard InChI is InChI=1S/C18H21N5O3/c24-17(11-4-6-12(7-5-11)18(25)26)19-14-3-1-2-13(10-14)16-20-21-22-23(16)15-8-9-15/h1-3,10-12,15H,4-9H2,(H,19,24)(H,25,26). The van der Waals surface area contributed by atoms with Crippen LogP contribution in [0.5, 0.6) is 0 Å². The van der Waals surface area contributed by atoms with E-state index < -0.39 is 5.97 Å². The van der Waals surface area contributed by atoms with Crippen molar-refractivity contribution in [2.75, 3.05) is 5.32 Å². The lowest BCUT2D eigenvalue weighted by molar-refractivity contribution is -0.143. The molecule has 1 aromatic heterocycles. The summed E-state index contributed by atoms with van der Waals surface area (Å²) in [5.74, 6) is -0.544. The number of carbonyl (C=O) groups is 2. The van der Waals surface area contributed by atoms with Crippen molar-refractivity contribution in [3.8, 4) is 11.4 Å². The molecule has 0 aliphatic heterocycles. The Kier molecular flexibility index (Phi) is 4.40. The molecular formula is C18H21N5O3. The molecule has 4 rings (SSSR count). The molecule has 0 saturated heterocycles. The molecule has 2 aliphatic rings. The summed E-state index contributed by atoms with van der Waals surface area (Å²) in [5, 5.41) is 24.0. The summed E-state index contributed by atoms with van der Waals surface area (Å²) in [6.45, 7) is 0. The normalized spacial score (nSPS) is 22.8. The molecule has 1 amide bonds. The van der Waals surface area contributed by atoms with Gasteiger partial charge in [-0.3, -0.25) is 9.59 Å². The summed E-state index contributed by atoms with van der Waals surface area (Å²) < 4.78 is 1.84. The quantitative estimate of drug-likeness (QED) is 0.853. The minimum absolute atomic E-state index is 0.0484. The fourth-order valence-electron chi connectivity index (χ4n) is 3.53. The van der Waals surface area contributed by atoms with Gasteiger partial charge in [0.2, 0.25) is 5.91 Å². The Morgan fingerprint density at radius 1 is 1.08 bits per heavy atom. The molecule has 0 unspecified atom stereocenters. The maximum atomic E-state index is 12.5. The number of anilines is 1. The van der Waals surface area contributed by atoms with Gasteiger partial charge in [-0.15, -0.1) is 5.10 Å². The number of carboxylic acid groups (broad SMARTS) is 1. The van der Waals surface area contributed by atoms with E-state index in [1.54, 1.807) is 0 Å². The van der Waals surface area contributed by atoms with Gasteiger partial charge in [0.15, 0.2) is 5.82 Å². The summed E-state index contributed by atoms with van der Waals surface area (Å²) in [5.41, 5.74) is 1.58. The van der Waals surface area contributed by atoms with Gasteiger partial charge in [0.1, 0.15) is 0 Å². The number of tetrazole rings is 1. The molecule has 2 aliphatic carbocycles. The average Bonchev–Trinajstić information content (AvgIpc) is 3.38. The van der Waals surface area contributed by atoms with E-state index in [9.17, 15) is 9.59 Å². The van der Waals surface area contributed by atoms with E-state index in [0.29, 0.717) is 43.2 Å². The Labute approximate surface area is 150 Å². The zero-order valence-electron chi connectivity index (χ0n) is 14.3. The van der Waals surface area contributed by atoms with E-state index in [0.717, 1.165) is 18.4 Å². The Balaban J connectivity index is 1.43. The second-order valence-corrected chi connectivity index (χ2v) is 7.14. The molecule has 136 valence electrons. The minimum Gasteiger partial charge on any atom is -0.481 e. The van der Waals surface area contributed by atoms with Gasteiger partial charge in [-0.1, -0.05) is 12.1 Å². The zero-order valence-corrected chi connectivity index (χ0v) is 14.3. The summed E-state index contributed by atoms with van der Waals surface area (Å²) >= 11 is 0. The monoisotopic (exact) mass is 355 g/mol. The van der Waals surface area contributed by atoms with Crippen molar-refractivity contribution in [2.45, 2.75) is 44.6 Å². The highest BCUT2D eigenvalue weighted by Gasteiger charge is 2.30. The first-order valence-electron chi connectivity index (χ1n) is 9.04. The second kappa shape index (κ2) is 6.86. The topological polar surface area (TPSA) is 110 Å². The maximum Gasteiger partial charge on any atom is 0.306 e. The number of aliphatic carboxylic acids is 1. The van der Waals surface area contributed by atoms with Crippen molar-refractivity contribution >= 4 is 17.6 Å². The number of carboxylic acids is 1. The molecule has 0 radical (unpaired) electrons. The second-order valence-electron chi connectivity index (χ2n) is 7.14. The number of aromatic nitrogens is 4. The highest BCUT2D eigenvalue weighted by atomic mass is 16.4. The van der Waals surface area contributed by atoms with Crippen molar-refractivity contribution in [1.82, 2.24) is 20.2 Å². The molecule has 0 bridgehead atoms. The van der Waals surface area contributed by atoms with Crippen LogP contribution in [0, 0.1) is 11.8 Å². The molecule has 2 aromatic rings. The maximum absolute atomic E-state index is 12.5. The van der Waals surface area contributed by atoms with Crippen LogP contribution < -0.4 is 5.32 Å². The number of hydrogen-bond acceptors (Lipinski definition) is 5. The lowest BCUT2D eigenvalue weighted by atomic mass is 9.81. The number of amides is 1. The Morgan fingerprint density at radius 3 is 2.50 bits per heavy atom. The molecule has 26 heavy (non-hydrogen) atoms. The largest absolute Gasteiger partial charge is 0.481 e. The molecular weight excluding hydrogens is 334 g/mol. The number of carbonyl (C=O) groups excluding carboxylic acids is 1. The zero-order chi connectivity index (χ0) is 18.1. The van der Waals surface area contributed by atoms with Crippen LogP contribution in [-0.4, -0.2) is 37.2 Å². The first kappa shape index (κ1) is 16.7. The third-order valence-corrected chi connectivity index (χ3v) is 5.22. The third kappa shape index (κ3) is 3.44. The van der Waals surface area contributed by atoms with Crippen LogP contribution in [0.25, 0.3) is 11.4 Å². The van der Waals surface area contributed by atoms with Crippen LogP contribution in [0.3, 0.4) is 0 Å². The van der Waals surface area contributed by atoms with Crippen LogP contribution in [0.1, 0.15) is 44.6 Å². The van der Waals surface area contributed by atoms with Crippen molar-refractivity contribution in [1.29, 1.82) is 0 Å². The van der Waals surface area contributed by atoms with Gasteiger partial charge in [0, 0.05) is 17.2 Å². The van der Waals surface area contributed by atoms with Crippen LogP contribution in [0.15, 0.2) is 24.3 Å². The smallest absolute Gasteiger partial charge is 0.306 e. The van der Waals surface area contributed by atoms with Gasteiger partial charge in [0.05, 0.1) is 12.0 Å². The van der Waals surface area contributed by atoms with E-state index in [4.69, 9.17) is 5.11 Å². The summed E-state index contributed by atoms with van der Waals surface area (Å²) in [6, 6.07) is 7.90. The summed E-state index contributed by atoms with van der Waals surface area (Å²) in [4.78, 5) is 23.6. The fourth-order valence-corrected chi connectivity index (χ4v) is 3.53. The van der Waals surface area contributed by atoms with Crippen LogP contribution in [0.4, 0.5) is 5.69 Å². The summed E-state index contributed by atoms with van der Waals surface area (Å²) in [7, 11) is 0. The van der Waals surface area contributed by atoms with Crippen molar-refractivity contribution < 1.29 is 14.7 Å². The fraction of sp³-hybridized carbons (Fsp3) is 0.500. The van der Waals surface area contributed by atoms with E-state index in [1.165, 1.54) is 0 Å². The lowest BCUT2D eigenvalue weighted by Crippen LogP contribution is -2.29. The highest BCUT2D eigenvalue weighted by molar-refractivity contribution is 5.93. The van der Waals surface area contributed by atoms with Gasteiger partial charge < -0.3 is 10.4 Å². The molecule has 8 nitrogen and oxygen atoms in total. The molecule has 2 fully saturated rings. The van der Waals surface area contributed by atoms with Gasteiger partial charge in [-0.2, -0.15) is 0 Å². The van der Waals surface area contributed by atoms with Crippen molar-refractivity contribution in [3.63, 3.8) is 0 Å². The van der Waals surface area contributed by atoms with E-state index >= 15 is 0 Å². The van der Waals surface area contributed by atoms with Crippen LogP contribution >= 0.6 is 0 Å². The Hall–Kier alpha value is -2.77. The predicted molar refractivity (Wildman–Crippen MR) is 93.2 cm³/mol. The first-order chi connectivity index (χ1) is 12.6. The molecule has 0 spiro atoms. The Morgan fingerprint density at radius 2 is 1.81 bits per heavy atom. The van der Waals surface area contributed by atoms with Gasteiger partial charge in [-0.05, 0) is 61.1 Å². The lowest BCUT2D eigenvalue weighted by Gasteiger charge is -2.25. The number of nitrogens with zero attached hydrogens (tertiary/aromatic N) is 4. The van der Waals surface area contributed by atoms with Crippen LogP contribution in [0.2, 0.25) is 0 Å². The summed E-state index contributed by atoms with van der Waals surface area (Å²) in [6.07, 6.45) is 4.53. The first-order valence-corrected chi connectivity index (χ1v) is 9.04. The van der Waals surface area contributed by atoms with Gasteiger partial charge in [-0.25, -0.2) is 4.68 Å². The molecule has 1 heterocycles. The molecule has 0 atom stereocenters. The van der Waals surface area contributed by atoms with Gasteiger partial charge in [0.25, 0.3) is 0 Å². The average molecular weight is 355 g/mol. The van der Waals surface area contributed by atoms with E-state index in [1.807, 2.05) is 28.9 Å². The van der Waals surface area contributed by atoms with E-state index in [2.05, 4.69) is 20.8 Å². The number of nitrogens with one attached hydrogen (secondary N) is 1. The number of hydrogen-bond donors (Lipinski definition) is 2. The van der Waals surface area contributed by atoms with Crippen LogP contribution in [-0.2, 0) is 9.59 Å².